The van der Waals surface area contributed by atoms with Crippen molar-refractivity contribution in [1.82, 2.24) is 9.13 Å². The Balaban J connectivity index is 0.968. The molecule has 6 nitrogen and oxygen atoms in total. The highest BCUT2D eigenvalue weighted by molar-refractivity contribution is 7.00. The molecule has 0 radical (unpaired) electrons. The fourth-order valence-corrected chi connectivity index (χ4v) is 14.8. The van der Waals surface area contributed by atoms with E-state index in [1.54, 1.807) is 0 Å². The van der Waals surface area contributed by atoms with Gasteiger partial charge in [0.05, 0.1) is 33.4 Å². The van der Waals surface area contributed by atoms with Gasteiger partial charge in [0, 0.05) is 88.3 Å². The first kappa shape index (κ1) is 46.3. The SMILES string of the molecule is c1ccc(-c2ccc3c(oc4ccccc43)c2N2c3cc(-n4c5ccccc5c5ccccc54)ccc3B3c4ccc(-n5c6ccccc6c6ccccc65)cc4N(c4c(-c5ccccc5)ccc5c4oc4ccccc45)c4cccc2c43)cc1. The third-order valence-electron chi connectivity index (χ3n) is 18.3. The van der Waals surface area contributed by atoms with Crippen LogP contribution in [0, 0.1) is 0 Å². The van der Waals surface area contributed by atoms with Crippen molar-refractivity contribution in [2.24, 2.45) is 0 Å². The molecule has 6 heterocycles. The van der Waals surface area contributed by atoms with Crippen molar-refractivity contribution in [3.63, 3.8) is 0 Å². The van der Waals surface area contributed by atoms with Crippen molar-refractivity contribution in [3.8, 4) is 33.6 Å². The number of hydrogen-bond acceptors (Lipinski definition) is 4. The van der Waals surface area contributed by atoms with Gasteiger partial charge in [0.1, 0.15) is 11.2 Å². The number of anilines is 6. The van der Waals surface area contributed by atoms with Crippen molar-refractivity contribution in [3.05, 3.63) is 285 Å². The molecule has 0 fully saturated rings. The van der Waals surface area contributed by atoms with Gasteiger partial charge in [-0.25, -0.2) is 0 Å². The molecule has 0 amide bonds. The van der Waals surface area contributed by atoms with E-state index in [2.05, 4.69) is 304 Å². The van der Waals surface area contributed by atoms with Gasteiger partial charge < -0.3 is 27.8 Å². The third kappa shape index (κ3) is 6.49. The lowest BCUT2D eigenvalue weighted by Crippen LogP contribution is -2.61. The Hall–Kier alpha value is -11.3. The molecule has 0 atom stereocenters. The Kier molecular flexibility index (Phi) is 9.61. The summed E-state index contributed by atoms with van der Waals surface area (Å²) in [6, 6.07) is 104. The first-order chi connectivity index (χ1) is 42.2. The minimum absolute atomic E-state index is 0.215. The normalized spacial score (nSPS) is 12.9. The second-order valence-corrected chi connectivity index (χ2v) is 22.6. The minimum atomic E-state index is -0.215. The highest BCUT2D eigenvalue weighted by Crippen LogP contribution is 2.54. The summed E-state index contributed by atoms with van der Waals surface area (Å²) in [7, 11) is 0. The average Bonchev–Trinajstić information content (AvgIpc) is 1.09. The first-order valence-electron chi connectivity index (χ1n) is 29.2. The van der Waals surface area contributed by atoms with E-state index in [9.17, 15) is 0 Å². The van der Waals surface area contributed by atoms with E-state index in [4.69, 9.17) is 8.83 Å². The fraction of sp³-hybridized carbons (Fsp3) is 0. The molecule has 17 aromatic rings. The van der Waals surface area contributed by atoms with E-state index >= 15 is 0 Å². The van der Waals surface area contributed by atoms with Crippen LogP contribution in [0.3, 0.4) is 0 Å². The lowest BCUT2D eigenvalue weighted by molar-refractivity contribution is 0.669. The quantitative estimate of drug-likeness (QED) is 0.156. The molecule has 0 N–H and O–H groups in total. The lowest BCUT2D eigenvalue weighted by atomic mass is 9.33. The largest absolute Gasteiger partial charge is 0.454 e. The van der Waals surface area contributed by atoms with Crippen LogP contribution in [0.1, 0.15) is 0 Å². The van der Waals surface area contributed by atoms with Crippen molar-refractivity contribution >= 4 is 145 Å². The molecule has 2 aliphatic rings. The molecule has 0 saturated heterocycles. The molecule has 19 rings (SSSR count). The summed E-state index contributed by atoms with van der Waals surface area (Å²) in [6.07, 6.45) is 0. The number of furan rings is 2. The summed E-state index contributed by atoms with van der Waals surface area (Å²) in [6.45, 7) is -0.215. The molecule has 13 aromatic carbocycles. The molecular formula is C78H47BN4O2. The molecule has 394 valence electrons. The van der Waals surface area contributed by atoms with Crippen LogP contribution in [0.15, 0.2) is 294 Å². The fourth-order valence-electron chi connectivity index (χ4n) is 14.8. The van der Waals surface area contributed by atoms with Gasteiger partial charge in [-0.2, -0.15) is 0 Å². The van der Waals surface area contributed by atoms with Gasteiger partial charge in [-0.1, -0.05) is 200 Å². The smallest absolute Gasteiger partial charge is 0.252 e. The predicted molar refractivity (Wildman–Crippen MR) is 355 cm³/mol. The highest BCUT2D eigenvalue weighted by Gasteiger charge is 2.45. The monoisotopic (exact) mass is 1080 g/mol. The standard InChI is InChI=1S/C78H47BN4O2/c1-3-20-48(21-4-1)52-40-42-60-58-28-11-17-36-72(58)84-77(60)75(52)82-68-34-19-35-69-74(68)79(62-44-38-50(46-70(62)82)80-64-30-13-7-24-54(64)55-25-8-14-31-65(55)80)63-45-39-51(81-66-32-15-9-26-56(66)57-27-10-16-33-67(57)81)47-71(63)83(69)76-53(49-22-5-2-6-23-49)41-43-61-59-29-12-18-37-73(59)85-78(61)76/h1-47H. The molecule has 4 aromatic heterocycles. The van der Waals surface area contributed by atoms with Crippen LogP contribution in [0.25, 0.3) is 121 Å². The van der Waals surface area contributed by atoms with Crippen LogP contribution in [0.4, 0.5) is 34.1 Å². The number of hydrogen-bond donors (Lipinski definition) is 0. The van der Waals surface area contributed by atoms with E-state index in [1.807, 2.05) is 0 Å². The Morgan fingerprint density at radius 3 is 1.05 bits per heavy atom. The number of fused-ring (bicyclic) bond motifs is 16. The zero-order valence-corrected chi connectivity index (χ0v) is 45.8. The van der Waals surface area contributed by atoms with E-state index in [-0.39, 0.29) is 6.71 Å². The van der Waals surface area contributed by atoms with Gasteiger partial charge >= 0.3 is 0 Å². The maximum atomic E-state index is 7.27. The maximum Gasteiger partial charge on any atom is 0.252 e. The number of rotatable bonds is 6. The Morgan fingerprint density at radius 2 is 0.635 bits per heavy atom. The van der Waals surface area contributed by atoms with Crippen LogP contribution in [0.2, 0.25) is 0 Å². The zero-order chi connectivity index (χ0) is 55.4. The summed E-state index contributed by atoms with van der Waals surface area (Å²) in [5, 5.41) is 9.15. The van der Waals surface area contributed by atoms with Crippen molar-refractivity contribution < 1.29 is 8.83 Å². The summed E-state index contributed by atoms with van der Waals surface area (Å²) in [5.74, 6) is 0. The summed E-state index contributed by atoms with van der Waals surface area (Å²) in [4.78, 5) is 5.09. The van der Waals surface area contributed by atoms with Crippen molar-refractivity contribution in [2.45, 2.75) is 0 Å². The minimum Gasteiger partial charge on any atom is -0.454 e. The van der Waals surface area contributed by atoms with Gasteiger partial charge in [-0.3, -0.25) is 0 Å². The number of aromatic nitrogens is 2. The van der Waals surface area contributed by atoms with Crippen LogP contribution in [0.5, 0.6) is 0 Å². The third-order valence-corrected chi connectivity index (χ3v) is 18.3. The van der Waals surface area contributed by atoms with Gasteiger partial charge in [-0.15, -0.1) is 0 Å². The topological polar surface area (TPSA) is 42.6 Å². The Labute approximate surface area is 488 Å². The molecule has 0 bridgehead atoms. The van der Waals surface area contributed by atoms with Crippen LogP contribution in [-0.2, 0) is 0 Å². The summed E-state index contributed by atoms with van der Waals surface area (Å²) >= 11 is 0. The van der Waals surface area contributed by atoms with E-state index in [1.165, 1.54) is 37.9 Å². The van der Waals surface area contributed by atoms with Crippen LogP contribution >= 0.6 is 0 Å². The lowest BCUT2D eigenvalue weighted by Gasteiger charge is -2.44. The highest BCUT2D eigenvalue weighted by atomic mass is 16.3. The predicted octanol–water partition coefficient (Wildman–Crippen LogP) is 19.1. The van der Waals surface area contributed by atoms with Gasteiger partial charge in [0.2, 0.25) is 0 Å². The molecule has 2 aliphatic heterocycles. The van der Waals surface area contributed by atoms with E-state index in [0.29, 0.717) is 0 Å². The summed E-state index contributed by atoms with van der Waals surface area (Å²) < 4.78 is 19.4. The maximum absolute atomic E-state index is 7.27. The van der Waals surface area contributed by atoms with Crippen LogP contribution in [-0.4, -0.2) is 15.8 Å². The Morgan fingerprint density at radius 1 is 0.271 bits per heavy atom. The summed E-state index contributed by atoms with van der Waals surface area (Å²) in [5.41, 5.74) is 24.3. The number of benzene rings is 13. The van der Waals surface area contributed by atoms with Crippen molar-refractivity contribution in [1.29, 1.82) is 0 Å². The van der Waals surface area contributed by atoms with E-state index in [0.717, 1.165) is 134 Å². The molecule has 85 heavy (non-hydrogen) atoms. The number of para-hydroxylation sites is 6. The van der Waals surface area contributed by atoms with Crippen molar-refractivity contribution in [2.75, 3.05) is 9.80 Å². The first-order valence-corrected chi connectivity index (χ1v) is 29.2. The van der Waals surface area contributed by atoms with Gasteiger partial charge in [0.25, 0.3) is 6.71 Å². The second-order valence-electron chi connectivity index (χ2n) is 22.6. The molecule has 0 saturated carbocycles. The number of nitrogens with zero attached hydrogens (tertiary/aromatic N) is 4. The molecular weight excluding hydrogens is 1040 g/mol. The van der Waals surface area contributed by atoms with E-state index < -0.39 is 0 Å². The molecule has 0 spiro atoms. The second kappa shape index (κ2) is 17.6. The Bertz CT molecular complexity index is 5200. The average molecular weight is 1080 g/mol. The van der Waals surface area contributed by atoms with Gasteiger partial charge in [0.15, 0.2) is 11.2 Å². The molecule has 0 aliphatic carbocycles. The molecule has 0 unspecified atom stereocenters. The van der Waals surface area contributed by atoms with Gasteiger partial charge in [-0.05, 0) is 112 Å². The van der Waals surface area contributed by atoms with Crippen LogP contribution < -0.4 is 26.2 Å². The zero-order valence-electron chi connectivity index (χ0n) is 45.8. The molecule has 7 heteroatoms.